The van der Waals surface area contributed by atoms with Crippen molar-refractivity contribution in [3.63, 3.8) is 0 Å². The Labute approximate surface area is 99.1 Å². The predicted octanol–water partition coefficient (Wildman–Crippen LogP) is 3.25. The fraction of sp³-hybridized carbons (Fsp3) is 0.100. The van der Waals surface area contributed by atoms with Crippen molar-refractivity contribution in [2.24, 2.45) is 0 Å². The zero-order chi connectivity index (χ0) is 12.6. The predicted molar refractivity (Wildman–Crippen MR) is 55.2 cm³/mol. The van der Waals surface area contributed by atoms with Crippen molar-refractivity contribution in [1.29, 1.82) is 0 Å². The van der Waals surface area contributed by atoms with Crippen LogP contribution in [0.2, 0.25) is 5.15 Å². The van der Waals surface area contributed by atoms with E-state index in [0.29, 0.717) is 5.69 Å². The van der Waals surface area contributed by atoms with E-state index in [9.17, 15) is 18.3 Å². The van der Waals surface area contributed by atoms with E-state index in [1.54, 1.807) is 0 Å². The van der Waals surface area contributed by atoms with Crippen LogP contribution in [0.4, 0.5) is 13.2 Å². The number of hydrogen-bond acceptors (Lipinski definition) is 2. The molecular weight excluding hydrogens is 257 g/mol. The fourth-order valence-electron chi connectivity index (χ4n) is 1.30. The number of hydrogen-bond donors (Lipinski definition) is 1. The van der Waals surface area contributed by atoms with Crippen LogP contribution in [0.1, 0.15) is 5.56 Å². The van der Waals surface area contributed by atoms with Crippen LogP contribution in [0, 0.1) is 0 Å². The minimum Gasteiger partial charge on any atom is -0.504 e. The highest BCUT2D eigenvalue weighted by molar-refractivity contribution is 6.31. The van der Waals surface area contributed by atoms with Crippen LogP contribution in [-0.2, 0) is 6.18 Å². The minimum absolute atomic E-state index is 0.0511. The number of aromatic hydroxyl groups is 1. The summed E-state index contributed by atoms with van der Waals surface area (Å²) >= 11 is 5.70. The van der Waals surface area contributed by atoms with Crippen molar-refractivity contribution < 1.29 is 18.3 Å². The molecule has 0 amide bonds. The van der Waals surface area contributed by atoms with E-state index < -0.39 is 11.7 Å². The van der Waals surface area contributed by atoms with Crippen LogP contribution in [0.3, 0.4) is 0 Å². The van der Waals surface area contributed by atoms with Gasteiger partial charge in [-0.15, -0.1) is 0 Å². The average Bonchev–Trinajstić information content (AvgIpc) is 2.59. The Morgan fingerprint density at radius 3 is 2.18 bits per heavy atom. The van der Waals surface area contributed by atoms with Gasteiger partial charge in [-0.3, -0.25) is 0 Å². The molecule has 0 aliphatic carbocycles. The van der Waals surface area contributed by atoms with Crippen molar-refractivity contribution in [1.82, 2.24) is 9.78 Å². The van der Waals surface area contributed by atoms with Gasteiger partial charge >= 0.3 is 6.18 Å². The maximum Gasteiger partial charge on any atom is 0.416 e. The molecule has 0 radical (unpaired) electrons. The van der Waals surface area contributed by atoms with Crippen molar-refractivity contribution in [3.8, 4) is 11.4 Å². The Morgan fingerprint density at radius 1 is 1.18 bits per heavy atom. The number of benzene rings is 1. The lowest BCUT2D eigenvalue weighted by Gasteiger charge is -2.08. The highest BCUT2D eigenvalue weighted by atomic mass is 35.5. The molecule has 0 aliphatic rings. The van der Waals surface area contributed by atoms with Crippen LogP contribution in [0.15, 0.2) is 30.5 Å². The third-order valence-corrected chi connectivity index (χ3v) is 2.49. The third-order valence-electron chi connectivity index (χ3n) is 2.13. The molecule has 90 valence electrons. The molecule has 3 nitrogen and oxygen atoms in total. The number of nitrogens with zero attached hydrogens (tertiary/aromatic N) is 2. The Morgan fingerprint density at radius 2 is 1.76 bits per heavy atom. The van der Waals surface area contributed by atoms with E-state index in [0.717, 1.165) is 23.0 Å². The first-order valence-corrected chi connectivity index (χ1v) is 4.87. The van der Waals surface area contributed by atoms with Gasteiger partial charge in [0.2, 0.25) is 0 Å². The second kappa shape index (κ2) is 3.96. The van der Waals surface area contributed by atoms with Gasteiger partial charge in [-0.2, -0.15) is 18.3 Å². The first-order chi connectivity index (χ1) is 7.89. The molecule has 7 heteroatoms. The molecule has 0 spiro atoms. The zero-order valence-corrected chi connectivity index (χ0v) is 9.00. The third kappa shape index (κ3) is 2.21. The maximum absolute atomic E-state index is 12.3. The first-order valence-electron chi connectivity index (χ1n) is 4.49. The van der Waals surface area contributed by atoms with Gasteiger partial charge in [-0.05, 0) is 24.3 Å². The minimum atomic E-state index is -4.38. The van der Waals surface area contributed by atoms with Gasteiger partial charge in [-0.25, -0.2) is 4.68 Å². The van der Waals surface area contributed by atoms with Crippen LogP contribution >= 0.6 is 11.6 Å². The molecule has 0 fully saturated rings. The van der Waals surface area contributed by atoms with Gasteiger partial charge < -0.3 is 5.11 Å². The lowest BCUT2D eigenvalue weighted by Crippen LogP contribution is -2.05. The fourth-order valence-corrected chi connectivity index (χ4v) is 1.49. The summed E-state index contributed by atoms with van der Waals surface area (Å²) < 4.78 is 38.1. The highest BCUT2D eigenvalue weighted by Crippen LogP contribution is 2.30. The molecule has 2 rings (SSSR count). The zero-order valence-electron chi connectivity index (χ0n) is 8.24. The number of alkyl halides is 3. The number of halogens is 4. The number of aromatic nitrogens is 2. The van der Waals surface area contributed by atoms with Gasteiger partial charge in [-0.1, -0.05) is 11.6 Å². The molecule has 1 N–H and O–H groups in total. The Bertz CT molecular complexity index is 533. The van der Waals surface area contributed by atoms with Gasteiger partial charge in [0.25, 0.3) is 0 Å². The largest absolute Gasteiger partial charge is 0.504 e. The lowest BCUT2D eigenvalue weighted by molar-refractivity contribution is -0.137. The Balaban J connectivity index is 2.40. The second-order valence-electron chi connectivity index (χ2n) is 3.28. The summed E-state index contributed by atoms with van der Waals surface area (Å²) in [6, 6.07) is 4.29. The van der Waals surface area contributed by atoms with Crippen molar-refractivity contribution in [2.45, 2.75) is 6.18 Å². The Kier molecular flexibility index (Phi) is 2.74. The van der Waals surface area contributed by atoms with E-state index in [-0.39, 0.29) is 10.9 Å². The first kappa shape index (κ1) is 11.8. The highest BCUT2D eigenvalue weighted by Gasteiger charge is 2.30. The summed E-state index contributed by atoms with van der Waals surface area (Å²) in [5.74, 6) is -0.230. The molecule has 0 atom stereocenters. The lowest BCUT2D eigenvalue weighted by atomic mass is 10.2. The van der Waals surface area contributed by atoms with E-state index in [1.165, 1.54) is 12.1 Å². The SMILES string of the molecule is Oc1cnn(-c2ccc(C(F)(F)F)cc2)c1Cl. The summed E-state index contributed by atoms with van der Waals surface area (Å²) in [4.78, 5) is 0. The molecule has 0 bridgehead atoms. The normalized spacial score (nSPS) is 11.8. The maximum atomic E-state index is 12.3. The van der Waals surface area contributed by atoms with Crippen molar-refractivity contribution >= 4 is 11.6 Å². The van der Waals surface area contributed by atoms with Gasteiger partial charge in [0.05, 0.1) is 17.4 Å². The van der Waals surface area contributed by atoms with E-state index in [1.807, 2.05) is 0 Å². The molecule has 0 saturated heterocycles. The summed E-state index contributed by atoms with van der Waals surface area (Å²) in [5.41, 5.74) is -0.419. The molecule has 1 aromatic carbocycles. The van der Waals surface area contributed by atoms with E-state index >= 15 is 0 Å². The Hall–Kier alpha value is -1.69. The summed E-state index contributed by atoms with van der Waals surface area (Å²) in [5, 5.41) is 12.9. The van der Waals surface area contributed by atoms with E-state index in [4.69, 9.17) is 11.6 Å². The quantitative estimate of drug-likeness (QED) is 0.857. The molecule has 1 aromatic heterocycles. The monoisotopic (exact) mass is 262 g/mol. The van der Waals surface area contributed by atoms with Crippen molar-refractivity contribution in [2.75, 3.05) is 0 Å². The number of rotatable bonds is 1. The summed E-state index contributed by atoms with van der Waals surface area (Å²) in [6.45, 7) is 0. The smallest absolute Gasteiger partial charge is 0.416 e. The van der Waals surface area contributed by atoms with Crippen molar-refractivity contribution in [3.05, 3.63) is 41.2 Å². The van der Waals surface area contributed by atoms with Gasteiger partial charge in [0.15, 0.2) is 10.9 Å². The summed E-state index contributed by atoms with van der Waals surface area (Å²) in [7, 11) is 0. The second-order valence-corrected chi connectivity index (χ2v) is 3.64. The van der Waals surface area contributed by atoms with Gasteiger partial charge in [0.1, 0.15) is 0 Å². The van der Waals surface area contributed by atoms with Crippen LogP contribution < -0.4 is 0 Å². The van der Waals surface area contributed by atoms with Crippen LogP contribution in [0.5, 0.6) is 5.75 Å². The topological polar surface area (TPSA) is 38.1 Å². The summed E-state index contributed by atoms with van der Waals surface area (Å²) in [6.07, 6.45) is -3.27. The molecule has 2 aromatic rings. The van der Waals surface area contributed by atoms with E-state index in [2.05, 4.69) is 5.10 Å². The molecular formula is C10H6ClF3N2O. The van der Waals surface area contributed by atoms with Crippen LogP contribution in [-0.4, -0.2) is 14.9 Å². The average molecular weight is 263 g/mol. The van der Waals surface area contributed by atoms with Gasteiger partial charge in [0, 0.05) is 0 Å². The molecule has 0 saturated carbocycles. The van der Waals surface area contributed by atoms with Crippen LogP contribution in [0.25, 0.3) is 5.69 Å². The standard InChI is InChI=1S/C10H6ClF3N2O/c11-9-8(17)5-15-16(9)7-3-1-6(2-4-7)10(12,13)14/h1-5,17H. The molecule has 0 aliphatic heterocycles. The molecule has 1 heterocycles. The molecule has 17 heavy (non-hydrogen) atoms. The molecule has 0 unspecified atom stereocenters.